The molecule has 0 bridgehead atoms. The van der Waals surface area contributed by atoms with Crippen molar-refractivity contribution in [1.82, 2.24) is 10.2 Å². The summed E-state index contributed by atoms with van der Waals surface area (Å²) in [7, 11) is 0. The number of benzene rings is 3. The van der Waals surface area contributed by atoms with Crippen LogP contribution < -0.4 is 10.2 Å². The summed E-state index contributed by atoms with van der Waals surface area (Å²) >= 11 is 0. The molecule has 1 amide bonds. The lowest BCUT2D eigenvalue weighted by Gasteiger charge is -2.27. The van der Waals surface area contributed by atoms with E-state index in [0.717, 1.165) is 30.0 Å². The van der Waals surface area contributed by atoms with Crippen LogP contribution in [-0.2, 0) is 4.74 Å². The number of amides is 1. The van der Waals surface area contributed by atoms with Crippen molar-refractivity contribution in [3.8, 4) is 11.3 Å². The number of rotatable bonds is 6. The zero-order valence-electron chi connectivity index (χ0n) is 20.0. The normalized spacial score (nSPS) is 13.3. The predicted molar refractivity (Wildman–Crippen MR) is 140 cm³/mol. The molecule has 1 N–H and O–H groups in total. The molecule has 36 heavy (non-hydrogen) atoms. The molecular weight excluding hydrogens is 452 g/mol. The van der Waals surface area contributed by atoms with Gasteiger partial charge >= 0.3 is 0 Å². The first kappa shape index (κ1) is 23.4. The topological polar surface area (TPSA) is 84.4 Å². The van der Waals surface area contributed by atoms with Crippen molar-refractivity contribution in [2.75, 3.05) is 36.5 Å². The number of nitrogens with one attached hydrogen (secondary N) is 1. The van der Waals surface area contributed by atoms with Crippen molar-refractivity contribution in [2.45, 2.75) is 6.92 Å². The van der Waals surface area contributed by atoms with Gasteiger partial charge in [0.1, 0.15) is 0 Å². The predicted octanol–water partition coefficient (Wildman–Crippen LogP) is 4.77. The van der Waals surface area contributed by atoms with Gasteiger partial charge in [-0.25, -0.2) is 0 Å². The van der Waals surface area contributed by atoms with Crippen molar-refractivity contribution in [1.29, 1.82) is 0 Å². The van der Waals surface area contributed by atoms with Gasteiger partial charge in [-0.05, 0) is 37.3 Å². The minimum atomic E-state index is -0.350. The highest BCUT2D eigenvalue weighted by Crippen LogP contribution is 2.23. The van der Waals surface area contributed by atoms with E-state index in [9.17, 15) is 9.59 Å². The van der Waals surface area contributed by atoms with Gasteiger partial charge in [0.25, 0.3) is 5.91 Å². The van der Waals surface area contributed by atoms with Gasteiger partial charge in [-0.1, -0.05) is 60.2 Å². The van der Waals surface area contributed by atoms with Gasteiger partial charge in [0.15, 0.2) is 11.6 Å². The molecule has 5 rings (SSSR count). The maximum atomic E-state index is 13.2. The molecule has 0 radical (unpaired) electrons. The first-order chi connectivity index (χ1) is 17.6. The summed E-state index contributed by atoms with van der Waals surface area (Å²) in [5, 5.41) is 11.7. The fourth-order valence-electron chi connectivity index (χ4n) is 4.13. The van der Waals surface area contributed by atoms with Gasteiger partial charge in [0.05, 0.1) is 24.5 Å². The van der Waals surface area contributed by atoms with E-state index in [2.05, 4.69) is 20.4 Å². The molecule has 4 aromatic rings. The van der Waals surface area contributed by atoms with Crippen molar-refractivity contribution in [3.63, 3.8) is 0 Å². The second kappa shape index (κ2) is 10.5. The quantitative estimate of drug-likeness (QED) is 0.402. The smallest absolute Gasteiger partial charge is 0.256 e. The van der Waals surface area contributed by atoms with Crippen molar-refractivity contribution < 1.29 is 14.3 Å². The highest BCUT2D eigenvalue weighted by Gasteiger charge is 2.18. The van der Waals surface area contributed by atoms with Gasteiger partial charge < -0.3 is 15.0 Å². The van der Waals surface area contributed by atoms with Gasteiger partial charge in [-0.3, -0.25) is 9.59 Å². The largest absolute Gasteiger partial charge is 0.378 e. The van der Waals surface area contributed by atoms with Gasteiger partial charge in [-0.15, -0.1) is 10.2 Å². The van der Waals surface area contributed by atoms with E-state index in [1.807, 2.05) is 49.4 Å². The minimum Gasteiger partial charge on any atom is -0.378 e. The molecule has 0 atom stereocenters. The third-order valence-electron chi connectivity index (χ3n) is 6.13. The zero-order valence-corrected chi connectivity index (χ0v) is 20.0. The highest BCUT2D eigenvalue weighted by atomic mass is 16.5. The molecule has 3 aromatic carbocycles. The summed E-state index contributed by atoms with van der Waals surface area (Å²) in [4.78, 5) is 28.4. The number of ketones is 1. The van der Waals surface area contributed by atoms with Crippen LogP contribution in [0.15, 0.2) is 84.9 Å². The molecule has 1 aromatic heterocycles. The van der Waals surface area contributed by atoms with Crippen molar-refractivity contribution in [3.05, 3.63) is 107 Å². The Morgan fingerprint density at radius 2 is 1.58 bits per heavy atom. The molecule has 1 fully saturated rings. The number of aromatic nitrogens is 2. The lowest BCUT2D eigenvalue weighted by Crippen LogP contribution is -2.36. The number of aryl methyl sites for hydroxylation is 1. The summed E-state index contributed by atoms with van der Waals surface area (Å²) in [6.45, 7) is 4.93. The molecule has 1 aliphatic rings. The number of hydrogen-bond acceptors (Lipinski definition) is 6. The average molecular weight is 479 g/mol. The van der Waals surface area contributed by atoms with Crippen LogP contribution in [0.3, 0.4) is 0 Å². The van der Waals surface area contributed by atoms with Crippen LogP contribution in [-0.4, -0.2) is 48.2 Å². The van der Waals surface area contributed by atoms with Gasteiger partial charge in [0.2, 0.25) is 0 Å². The lowest BCUT2D eigenvalue weighted by molar-refractivity contribution is 0.0996. The molecule has 1 saturated heterocycles. The third kappa shape index (κ3) is 5.16. The second-order valence-corrected chi connectivity index (χ2v) is 8.65. The number of carbonyl (C=O) groups is 2. The number of ether oxygens (including phenoxy) is 1. The van der Waals surface area contributed by atoms with Crippen molar-refractivity contribution >= 4 is 23.2 Å². The van der Waals surface area contributed by atoms with Crippen LogP contribution in [0, 0.1) is 6.92 Å². The average Bonchev–Trinajstić information content (AvgIpc) is 2.94. The van der Waals surface area contributed by atoms with Crippen LogP contribution in [0.5, 0.6) is 0 Å². The van der Waals surface area contributed by atoms with E-state index >= 15 is 0 Å². The monoisotopic (exact) mass is 478 g/mol. The van der Waals surface area contributed by atoms with E-state index in [1.54, 1.807) is 42.5 Å². The standard InChI is InChI=1S/C29H26N4O3/c1-20-9-11-21(12-10-20)28(34)24-7-2-3-8-25(24)29(35)30-23-6-4-5-22(19-23)26-13-14-27(32-31-26)33-15-17-36-18-16-33/h2-14,19H,15-18H2,1H3,(H,30,35). The Kier molecular flexibility index (Phi) is 6.82. The fraction of sp³-hybridized carbons (Fsp3) is 0.172. The summed E-state index contributed by atoms with van der Waals surface area (Å²) in [5.74, 6) is 0.281. The Bertz CT molecular complexity index is 1380. The molecule has 1 aliphatic heterocycles. The van der Waals surface area contributed by atoms with Crippen LogP contribution in [0.25, 0.3) is 11.3 Å². The maximum absolute atomic E-state index is 13.2. The molecule has 0 unspecified atom stereocenters. The van der Waals surface area contributed by atoms with Crippen LogP contribution in [0.2, 0.25) is 0 Å². The molecule has 180 valence electrons. The Balaban J connectivity index is 1.34. The zero-order chi connectivity index (χ0) is 24.9. The SMILES string of the molecule is Cc1ccc(C(=O)c2ccccc2C(=O)Nc2cccc(-c3ccc(N4CCOCC4)nn3)c2)cc1. The molecule has 7 heteroatoms. The Morgan fingerprint density at radius 1 is 0.833 bits per heavy atom. The maximum Gasteiger partial charge on any atom is 0.256 e. The summed E-state index contributed by atoms with van der Waals surface area (Å²) in [6, 6.07) is 25.5. The van der Waals surface area contributed by atoms with E-state index in [-0.39, 0.29) is 11.7 Å². The molecule has 7 nitrogen and oxygen atoms in total. The summed E-state index contributed by atoms with van der Waals surface area (Å²) in [5.41, 5.74) is 4.44. The van der Waals surface area contributed by atoms with E-state index in [1.165, 1.54) is 0 Å². The highest BCUT2D eigenvalue weighted by molar-refractivity contribution is 6.17. The first-order valence-electron chi connectivity index (χ1n) is 11.9. The Labute approximate surface area is 209 Å². The molecule has 2 heterocycles. The summed E-state index contributed by atoms with van der Waals surface area (Å²) in [6.07, 6.45) is 0. The molecular formula is C29H26N4O3. The number of anilines is 2. The van der Waals surface area contributed by atoms with Crippen molar-refractivity contribution in [2.24, 2.45) is 0 Å². The molecule has 0 saturated carbocycles. The number of carbonyl (C=O) groups excluding carboxylic acids is 2. The molecule has 0 aliphatic carbocycles. The van der Waals surface area contributed by atoms with Crippen LogP contribution >= 0.6 is 0 Å². The Morgan fingerprint density at radius 3 is 2.31 bits per heavy atom. The number of hydrogen-bond donors (Lipinski definition) is 1. The number of morpholine rings is 1. The molecule has 0 spiro atoms. The van der Waals surface area contributed by atoms with Gasteiger partial charge in [-0.2, -0.15) is 0 Å². The minimum absolute atomic E-state index is 0.190. The van der Waals surface area contributed by atoms with E-state index < -0.39 is 0 Å². The third-order valence-corrected chi connectivity index (χ3v) is 6.13. The lowest BCUT2D eigenvalue weighted by atomic mass is 9.97. The van der Waals surface area contributed by atoms with Crippen LogP contribution in [0.1, 0.15) is 31.8 Å². The van der Waals surface area contributed by atoms with E-state index in [4.69, 9.17) is 4.74 Å². The Hall–Kier alpha value is -4.36. The second-order valence-electron chi connectivity index (χ2n) is 8.65. The van der Waals surface area contributed by atoms with Gasteiger partial charge in [0, 0.05) is 35.5 Å². The van der Waals surface area contributed by atoms with E-state index in [0.29, 0.717) is 41.3 Å². The summed E-state index contributed by atoms with van der Waals surface area (Å²) < 4.78 is 5.40. The van der Waals surface area contributed by atoms with Crippen LogP contribution in [0.4, 0.5) is 11.5 Å². The number of nitrogens with zero attached hydrogens (tertiary/aromatic N) is 3. The fourth-order valence-corrected chi connectivity index (χ4v) is 4.13. The first-order valence-corrected chi connectivity index (χ1v) is 11.9.